The zero-order valence-electron chi connectivity index (χ0n) is 9.12. The summed E-state index contributed by atoms with van der Waals surface area (Å²) in [5.74, 6) is 0.862. The summed E-state index contributed by atoms with van der Waals surface area (Å²) in [4.78, 5) is 2.00. The fraction of sp³-hybridized carbons (Fsp3) is 0.300. The summed E-state index contributed by atoms with van der Waals surface area (Å²) < 4.78 is 8.90. The van der Waals surface area contributed by atoms with Gasteiger partial charge in [-0.15, -0.1) is 0 Å². The van der Waals surface area contributed by atoms with E-state index < -0.39 is 0 Å². The van der Waals surface area contributed by atoms with Crippen LogP contribution in [-0.2, 0) is 6.54 Å². The molecule has 2 rings (SSSR count). The van der Waals surface area contributed by atoms with Crippen molar-refractivity contribution in [1.29, 1.82) is 0 Å². The maximum Gasteiger partial charge on any atom is 0.227 e. The van der Waals surface area contributed by atoms with Crippen molar-refractivity contribution in [2.24, 2.45) is 0 Å². The van der Waals surface area contributed by atoms with Gasteiger partial charge in [-0.1, -0.05) is 21.7 Å². The second-order valence-corrected chi connectivity index (χ2v) is 4.06. The number of hydrogen-bond acceptors (Lipinski definition) is 6. The van der Waals surface area contributed by atoms with E-state index in [4.69, 9.17) is 4.74 Å². The first-order valence-corrected chi connectivity index (χ1v) is 5.56. The maximum absolute atomic E-state index is 5.17. The van der Waals surface area contributed by atoms with Crippen molar-refractivity contribution >= 4 is 16.7 Å². The maximum atomic E-state index is 5.17. The van der Waals surface area contributed by atoms with Crippen molar-refractivity contribution in [3.63, 3.8) is 0 Å². The molecule has 84 valence electrons. The Kier molecular flexibility index (Phi) is 3.31. The molecule has 0 bridgehead atoms. The Morgan fingerprint density at radius 2 is 2.31 bits per heavy atom. The quantitative estimate of drug-likeness (QED) is 0.806. The van der Waals surface area contributed by atoms with Gasteiger partial charge in [0.1, 0.15) is 5.75 Å². The number of ether oxygens (including phenoxy) is 1. The summed E-state index contributed by atoms with van der Waals surface area (Å²) in [6.07, 6.45) is 0. The summed E-state index contributed by atoms with van der Waals surface area (Å²) >= 11 is 1.28. The fourth-order valence-electron chi connectivity index (χ4n) is 1.39. The van der Waals surface area contributed by atoms with Gasteiger partial charge in [0, 0.05) is 25.1 Å². The average Bonchev–Trinajstić information content (AvgIpc) is 2.83. The molecular formula is C10H12N4OS. The topological polar surface area (TPSA) is 51.1 Å². The molecule has 0 saturated heterocycles. The SMILES string of the molecule is COc1cccc(CN(C)c2nnns2)c1. The van der Waals surface area contributed by atoms with Crippen LogP contribution in [0, 0.1) is 0 Å². The Bertz CT molecular complexity index is 446. The molecule has 6 heteroatoms. The van der Waals surface area contributed by atoms with E-state index in [2.05, 4.69) is 14.8 Å². The molecule has 0 fully saturated rings. The molecule has 0 aliphatic heterocycles. The van der Waals surface area contributed by atoms with E-state index in [0.717, 1.165) is 23.0 Å². The summed E-state index contributed by atoms with van der Waals surface area (Å²) in [5.41, 5.74) is 1.16. The van der Waals surface area contributed by atoms with Gasteiger partial charge in [-0.3, -0.25) is 0 Å². The molecule has 1 heterocycles. The molecule has 0 unspecified atom stereocenters. The molecule has 0 radical (unpaired) electrons. The first kappa shape index (κ1) is 10.8. The summed E-state index contributed by atoms with van der Waals surface area (Å²) in [5, 5.41) is 8.29. The molecule has 2 aromatic rings. The monoisotopic (exact) mass is 236 g/mol. The molecule has 0 aliphatic rings. The lowest BCUT2D eigenvalue weighted by atomic mass is 10.2. The predicted octanol–water partition coefficient (Wildman–Crippen LogP) is 1.58. The molecule has 0 amide bonds. The summed E-state index contributed by atoms with van der Waals surface area (Å²) in [7, 11) is 3.62. The van der Waals surface area contributed by atoms with E-state index in [-0.39, 0.29) is 0 Å². The van der Waals surface area contributed by atoms with Crippen molar-refractivity contribution in [3.05, 3.63) is 29.8 Å². The number of aromatic nitrogens is 3. The Labute approximate surface area is 97.8 Å². The van der Waals surface area contributed by atoms with Gasteiger partial charge in [-0.05, 0) is 22.9 Å². The van der Waals surface area contributed by atoms with Crippen LogP contribution >= 0.6 is 11.5 Å². The van der Waals surface area contributed by atoms with E-state index in [0.29, 0.717) is 0 Å². The minimum Gasteiger partial charge on any atom is -0.497 e. The van der Waals surface area contributed by atoms with Crippen LogP contribution in [0.5, 0.6) is 5.75 Å². The Hall–Kier alpha value is -1.69. The number of rotatable bonds is 4. The van der Waals surface area contributed by atoms with Gasteiger partial charge in [0.25, 0.3) is 0 Å². The zero-order chi connectivity index (χ0) is 11.4. The van der Waals surface area contributed by atoms with Gasteiger partial charge in [-0.25, -0.2) is 0 Å². The van der Waals surface area contributed by atoms with Gasteiger partial charge in [0.05, 0.1) is 7.11 Å². The highest BCUT2D eigenvalue weighted by atomic mass is 32.1. The first-order chi connectivity index (χ1) is 7.79. The standard InChI is InChI=1S/C10H12N4OS/c1-14(10-11-12-13-16-10)7-8-4-3-5-9(6-8)15-2/h3-6H,7H2,1-2H3. The van der Waals surface area contributed by atoms with E-state index in [9.17, 15) is 0 Å². The number of anilines is 1. The molecule has 0 atom stereocenters. The van der Waals surface area contributed by atoms with E-state index in [1.807, 2.05) is 36.2 Å². The normalized spacial score (nSPS) is 10.1. The van der Waals surface area contributed by atoms with Crippen LogP contribution < -0.4 is 9.64 Å². The molecule has 0 aliphatic carbocycles. The zero-order valence-corrected chi connectivity index (χ0v) is 9.94. The Morgan fingerprint density at radius 1 is 1.44 bits per heavy atom. The number of methoxy groups -OCH3 is 1. The number of nitrogens with zero attached hydrogens (tertiary/aromatic N) is 4. The fourth-order valence-corrected chi connectivity index (χ4v) is 1.81. The van der Waals surface area contributed by atoms with Crippen LogP contribution in [0.3, 0.4) is 0 Å². The van der Waals surface area contributed by atoms with Crippen molar-refractivity contribution in [2.75, 3.05) is 19.1 Å². The molecule has 5 nitrogen and oxygen atoms in total. The number of hydrogen-bond donors (Lipinski definition) is 0. The minimum atomic E-state index is 0.758. The molecule has 1 aromatic heterocycles. The second kappa shape index (κ2) is 4.89. The highest BCUT2D eigenvalue weighted by Crippen LogP contribution is 2.17. The molecule has 0 N–H and O–H groups in total. The van der Waals surface area contributed by atoms with Crippen molar-refractivity contribution in [2.45, 2.75) is 6.54 Å². The first-order valence-electron chi connectivity index (χ1n) is 4.78. The molecule has 0 saturated carbocycles. The van der Waals surface area contributed by atoms with Crippen LogP contribution in [0.2, 0.25) is 0 Å². The third kappa shape index (κ3) is 2.46. The van der Waals surface area contributed by atoms with Gasteiger partial charge in [0.15, 0.2) is 0 Å². The lowest BCUT2D eigenvalue weighted by Gasteiger charge is -2.14. The molecule has 1 aromatic carbocycles. The van der Waals surface area contributed by atoms with Crippen LogP contribution in [0.4, 0.5) is 5.13 Å². The van der Waals surface area contributed by atoms with Crippen molar-refractivity contribution < 1.29 is 4.74 Å². The third-order valence-electron chi connectivity index (χ3n) is 2.17. The predicted molar refractivity (Wildman–Crippen MR) is 62.8 cm³/mol. The summed E-state index contributed by atoms with van der Waals surface area (Å²) in [6, 6.07) is 7.95. The Morgan fingerprint density at radius 3 is 3.00 bits per heavy atom. The van der Waals surface area contributed by atoms with Crippen molar-refractivity contribution in [3.8, 4) is 5.75 Å². The van der Waals surface area contributed by atoms with Gasteiger partial charge in [0.2, 0.25) is 5.13 Å². The molecule has 0 spiro atoms. The minimum absolute atomic E-state index is 0.758. The average molecular weight is 236 g/mol. The molecule has 16 heavy (non-hydrogen) atoms. The second-order valence-electron chi connectivity index (χ2n) is 3.35. The van der Waals surface area contributed by atoms with Crippen LogP contribution in [-0.4, -0.2) is 29.0 Å². The smallest absolute Gasteiger partial charge is 0.227 e. The van der Waals surface area contributed by atoms with Crippen LogP contribution in [0.1, 0.15) is 5.56 Å². The third-order valence-corrected chi connectivity index (χ3v) is 2.88. The largest absolute Gasteiger partial charge is 0.497 e. The van der Waals surface area contributed by atoms with E-state index in [1.165, 1.54) is 11.5 Å². The van der Waals surface area contributed by atoms with Gasteiger partial charge < -0.3 is 9.64 Å². The van der Waals surface area contributed by atoms with Crippen molar-refractivity contribution in [1.82, 2.24) is 14.8 Å². The summed E-state index contributed by atoms with van der Waals surface area (Å²) in [6.45, 7) is 0.758. The van der Waals surface area contributed by atoms with Crippen LogP contribution in [0.15, 0.2) is 24.3 Å². The van der Waals surface area contributed by atoms with Crippen LogP contribution in [0.25, 0.3) is 0 Å². The van der Waals surface area contributed by atoms with E-state index in [1.54, 1.807) is 7.11 Å². The molecular weight excluding hydrogens is 224 g/mol. The highest BCUT2D eigenvalue weighted by molar-refractivity contribution is 7.09. The van der Waals surface area contributed by atoms with Gasteiger partial charge >= 0.3 is 0 Å². The number of benzene rings is 1. The Balaban J connectivity index is 2.08. The lowest BCUT2D eigenvalue weighted by molar-refractivity contribution is 0.414. The van der Waals surface area contributed by atoms with Gasteiger partial charge in [-0.2, -0.15) is 0 Å². The lowest BCUT2D eigenvalue weighted by Crippen LogP contribution is -2.16. The highest BCUT2D eigenvalue weighted by Gasteiger charge is 2.06. The van der Waals surface area contributed by atoms with E-state index >= 15 is 0 Å².